The Balaban J connectivity index is 0.00000166. The third kappa shape index (κ3) is 5.93. The predicted molar refractivity (Wildman–Crippen MR) is 121 cm³/mol. The number of hydrogen-bond donors (Lipinski definition) is 2. The number of aliphatic hydroxyl groups excluding tert-OH is 1. The van der Waals surface area contributed by atoms with Crippen molar-refractivity contribution >= 4 is 29.2 Å². The number of benzene rings is 2. The van der Waals surface area contributed by atoms with Gasteiger partial charge in [-0.2, -0.15) is 5.10 Å². The van der Waals surface area contributed by atoms with Gasteiger partial charge in [0.15, 0.2) is 5.69 Å². The van der Waals surface area contributed by atoms with Crippen LogP contribution in [-0.4, -0.2) is 40.0 Å². The quantitative estimate of drug-likeness (QED) is 0.524. The van der Waals surface area contributed by atoms with E-state index in [4.69, 9.17) is 16.3 Å². The second kappa shape index (κ2) is 11.9. The maximum atomic E-state index is 13.1. The number of halogens is 1. The molecule has 3 rings (SSSR count). The van der Waals surface area contributed by atoms with E-state index in [9.17, 15) is 14.7 Å². The molecule has 0 atom stereocenters. The number of carbonyl (C=O) groups excluding carboxylic acids is 2. The van der Waals surface area contributed by atoms with E-state index in [1.165, 1.54) is 4.68 Å². The summed E-state index contributed by atoms with van der Waals surface area (Å²) in [6.45, 7) is 5.58. The van der Waals surface area contributed by atoms with Crippen molar-refractivity contribution in [2.45, 2.75) is 27.2 Å². The number of anilines is 1. The lowest BCUT2D eigenvalue weighted by atomic mass is 10.1. The van der Waals surface area contributed by atoms with Crippen molar-refractivity contribution in [2.24, 2.45) is 0 Å². The van der Waals surface area contributed by atoms with Gasteiger partial charge in [0.1, 0.15) is 5.69 Å². The number of aromatic nitrogens is 2. The molecule has 2 N–H and O–H groups in total. The van der Waals surface area contributed by atoms with Crippen LogP contribution in [0.15, 0.2) is 54.6 Å². The summed E-state index contributed by atoms with van der Waals surface area (Å²) < 4.78 is 6.44. The van der Waals surface area contributed by atoms with Gasteiger partial charge in [-0.15, -0.1) is 0 Å². The lowest BCUT2D eigenvalue weighted by Gasteiger charge is -2.10. The van der Waals surface area contributed by atoms with Crippen LogP contribution in [0, 0.1) is 0 Å². The average Bonchev–Trinajstić information content (AvgIpc) is 3.16. The van der Waals surface area contributed by atoms with Crippen LogP contribution in [0.2, 0.25) is 5.02 Å². The highest BCUT2D eigenvalue weighted by molar-refractivity contribution is 6.30. The lowest BCUT2D eigenvalue weighted by Crippen LogP contribution is -2.19. The zero-order chi connectivity index (χ0) is 22.8. The van der Waals surface area contributed by atoms with Crippen molar-refractivity contribution < 1.29 is 19.4 Å². The molecule has 164 valence electrons. The first-order chi connectivity index (χ1) is 15.0. The smallest absolute Gasteiger partial charge is 0.359 e. The highest BCUT2D eigenvalue weighted by atomic mass is 35.5. The average molecular weight is 444 g/mol. The fourth-order valence-electron chi connectivity index (χ4n) is 2.90. The molecular weight excluding hydrogens is 418 g/mol. The predicted octanol–water partition coefficient (Wildman–Crippen LogP) is 4.52. The van der Waals surface area contributed by atoms with E-state index in [-0.39, 0.29) is 31.0 Å². The summed E-state index contributed by atoms with van der Waals surface area (Å²) in [6.07, 6.45) is 0.0618. The van der Waals surface area contributed by atoms with Gasteiger partial charge in [-0.25, -0.2) is 9.48 Å². The maximum absolute atomic E-state index is 13.1. The molecule has 1 amide bonds. The van der Waals surface area contributed by atoms with Crippen molar-refractivity contribution in [3.63, 3.8) is 0 Å². The lowest BCUT2D eigenvalue weighted by molar-refractivity contribution is 0.0517. The molecule has 1 aromatic heterocycles. The van der Waals surface area contributed by atoms with Gasteiger partial charge in [-0.3, -0.25) is 4.79 Å². The zero-order valence-electron chi connectivity index (χ0n) is 17.8. The minimum atomic E-state index is -0.662. The molecule has 0 unspecified atom stereocenters. The number of nitrogens with one attached hydrogen (secondary N) is 1. The molecular formula is C23H26ClN3O4. The Kier molecular flexibility index (Phi) is 9.24. The van der Waals surface area contributed by atoms with Gasteiger partial charge in [0.2, 0.25) is 0 Å². The van der Waals surface area contributed by atoms with Crippen LogP contribution in [0.5, 0.6) is 0 Å². The first-order valence-electron chi connectivity index (χ1n) is 10.1. The zero-order valence-corrected chi connectivity index (χ0v) is 18.5. The highest BCUT2D eigenvalue weighted by Crippen LogP contribution is 2.24. The van der Waals surface area contributed by atoms with E-state index in [0.717, 1.165) is 0 Å². The van der Waals surface area contributed by atoms with Gasteiger partial charge in [0.05, 0.1) is 12.3 Å². The minimum absolute atomic E-state index is 0.0147. The Bertz CT molecular complexity index is 1020. The number of hydrogen-bond acceptors (Lipinski definition) is 5. The molecule has 31 heavy (non-hydrogen) atoms. The van der Waals surface area contributed by atoms with Crippen molar-refractivity contribution in [1.29, 1.82) is 0 Å². The van der Waals surface area contributed by atoms with E-state index in [1.54, 1.807) is 55.5 Å². The van der Waals surface area contributed by atoms with Crippen LogP contribution < -0.4 is 5.32 Å². The molecule has 0 bridgehead atoms. The van der Waals surface area contributed by atoms with Crippen LogP contribution in [-0.2, 0) is 11.2 Å². The third-order valence-corrected chi connectivity index (χ3v) is 4.35. The summed E-state index contributed by atoms with van der Waals surface area (Å²) >= 11 is 6.10. The van der Waals surface area contributed by atoms with Crippen LogP contribution >= 0.6 is 11.6 Å². The fraction of sp³-hybridized carbons (Fsp3) is 0.261. The van der Waals surface area contributed by atoms with Gasteiger partial charge in [0.25, 0.3) is 5.91 Å². The molecule has 3 aromatic rings. The Morgan fingerprint density at radius 3 is 2.45 bits per heavy atom. The van der Waals surface area contributed by atoms with Crippen LogP contribution in [0.4, 0.5) is 5.69 Å². The molecule has 0 spiro atoms. The van der Waals surface area contributed by atoms with Gasteiger partial charge < -0.3 is 15.2 Å². The first kappa shape index (κ1) is 24.1. The number of carbonyl (C=O) groups is 2. The van der Waals surface area contributed by atoms with Crippen LogP contribution in [0.1, 0.15) is 47.3 Å². The molecule has 0 aliphatic rings. The monoisotopic (exact) mass is 443 g/mol. The standard InChI is InChI=1S/C21H20ClN3O4.C2H6/c1-2-29-21(28)18-17(11-12-26)19(20(27)23-15-8-4-3-5-9-15)25(24-18)16-10-6-7-14(22)13-16;1-2/h3-10,13,26H,2,11-12H2,1H3,(H,23,27);1-2H3. The number of ether oxygens (including phenoxy) is 1. The van der Waals surface area contributed by atoms with E-state index >= 15 is 0 Å². The van der Waals surface area contributed by atoms with Gasteiger partial charge in [0, 0.05) is 29.3 Å². The number of amides is 1. The summed E-state index contributed by atoms with van der Waals surface area (Å²) in [5.41, 5.74) is 1.51. The van der Waals surface area contributed by atoms with Crippen molar-refractivity contribution in [2.75, 3.05) is 18.5 Å². The molecule has 7 nitrogen and oxygen atoms in total. The van der Waals surface area contributed by atoms with E-state index in [2.05, 4.69) is 10.4 Å². The Hall–Kier alpha value is -3.16. The summed E-state index contributed by atoms with van der Waals surface area (Å²) in [4.78, 5) is 25.6. The van der Waals surface area contributed by atoms with Gasteiger partial charge in [-0.1, -0.05) is 49.7 Å². The second-order valence-corrected chi connectivity index (χ2v) is 6.52. The number of esters is 1. The van der Waals surface area contributed by atoms with E-state index in [0.29, 0.717) is 22.0 Å². The topological polar surface area (TPSA) is 93.5 Å². The fourth-order valence-corrected chi connectivity index (χ4v) is 3.09. The molecule has 0 saturated carbocycles. The third-order valence-electron chi connectivity index (χ3n) is 4.11. The largest absolute Gasteiger partial charge is 0.461 e. The van der Waals surface area contributed by atoms with Crippen LogP contribution in [0.25, 0.3) is 5.69 Å². The van der Waals surface area contributed by atoms with E-state index in [1.807, 2.05) is 19.9 Å². The number of nitrogens with zero attached hydrogens (tertiary/aromatic N) is 2. The Labute approximate surface area is 186 Å². The van der Waals surface area contributed by atoms with Gasteiger partial charge >= 0.3 is 5.97 Å². The maximum Gasteiger partial charge on any atom is 0.359 e. The molecule has 0 radical (unpaired) electrons. The van der Waals surface area contributed by atoms with Crippen molar-refractivity contribution in [3.05, 3.63) is 76.6 Å². The summed E-state index contributed by atoms with van der Waals surface area (Å²) in [5, 5.41) is 17.1. The molecule has 0 aliphatic heterocycles. The number of aliphatic hydroxyl groups is 1. The summed E-state index contributed by atoms with van der Waals surface area (Å²) in [5.74, 6) is -1.13. The number of para-hydroxylation sites is 1. The second-order valence-electron chi connectivity index (χ2n) is 6.08. The molecule has 0 fully saturated rings. The molecule has 8 heteroatoms. The molecule has 0 aliphatic carbocycles. The Morgan fingerprint density at radius 2 is 1.84 bits per heavy atom. The van der Waals surface area contributed by atoms with Crippen molar-refractivity contribution in [3.8, 4) is 5.69 Å². The van der Waals surface area contributed by atoms with Gasteiger partial charge in [-0.05, 0) is 37.3 Å². The van der Waals surface area contributed by atoms with Crippen molar-refractivity contribution in [1.82, 2.24) is 9.78 Å². The molecule has 2 aromatic carbocycles. The Morgan fingerprint density at radius 1 is 1.13 bits per heavy atom. The minimum Gasteiger partial charge on any atom is -0.461 e. The van der Waals surface area contributed by atoms with Crippen LogP contribution in [0.3, 0.4) is 0 Å². The molecule has 1 heterocycles. The van der Waals surface area contributed by atoms with E-state index < -0.39 is 11.9 Å². The highest BCUT2D eigenvalue weighted by Gasteiger charge is 2.28. The summed E-state index contributed by atoms with van der Waals surface area (Å²) in [6, 6.07) is 15.7. The number of rotatable bonds is 7. The molecule has 0 saturated heterocycles. The SMILES string of the molecule is CC.CCOC(=O)c1nn(-c2cccc(Cl)c2)c(C(=O)Nc2ccccc2)c1CCO. The first-order valence-corrected chi connectivity index (χ1v) is 10.4. The normalized spacial score (nSPS) is 10.1. The summed E-state index contributed by atoms with van der Waals surface area (Å²) in [7, 11) is 0.